The van der Waals surface area contributed by atoms with E-state index in [9.17, 15) is 19.2 Å². The minimum absolute atomic E-state index is 0.0271. The predicted octanol–water partition coefficient (Wildman–Crippen LogP) is 7.04. The zero-order chi connectivity index (χ0) is 40.6. The summed E-state index contributed by atoms with van der Waals surface area (Å²) in [7, 11) is 2.12. The molecule has 1 fully saturated rings. The summed E-state index contributed by atoms with van der Waals surface area (Å²) in [5.41, 5.74) is 2.50. The van der Waals surface area contributed by atoms with E-state index >= 15 is 0 Å². The average Bonchev–Trinajstić information content (AvgIpc) is 3.82. The van der Waals surface area contributed by atoms with Crippen molar-refractivity contribution in [3.63, 3.8) is 0 Å². The van der Waals surface area contributed by atoms with Gasteiger partial charge in [0.05, 0.1) is 17.1 Å². The molecule has 13 heteroatoms. The van der Waals surface area contributed by atoms with Gasteiger partial charge in [0.15, 0.2) is 6.61 Å². The fourth-order valence-electron chi connectivity index (χ4n) is 7.09. The molecule has 0 aliphatic carbocycles. The standard InChI is InChI=1S/C45H47N5O8/c1-31(33-11-5-4-6-12-33)46-42(52)45(2,47-43(53)55-29-37-25-35-13-7-10-16-40(35)58-37)26-36-28-50(39-15-9-8-14-38(36)39)44(54)57-30-56-41(51)34-19-17-32(18-20-34)27-49-23-21-48(3)22-24-49/h4-20,25,28,31H,21-24,26-27,29-30H2,1-3H3,(H,46,52)(H,47,53)/t31-,45-/m1/s1. The first-order chi connectivity index (χ1) is 28.0. The first-order valence-corrected chi connectivity index (χ1v) is 19.3. The average molecular weight is 786 g/mol. The van der Waals surface area contributed by atoms with Crippen LogP contribution in [0.4, 0.5) is 9.59 Å². The summed E-state index contributed by atoms with van der Waals surface area (Å²) in [6.07, 6.45) is -0.0951. The monoisotopic (exact) mass is 785 g/mol. The van der Waals surface area contributed by atoms with Crippen LogP contribution in [0, 0.1) is 0 Å². The van der Waals surface area contributed by atoms with E-state index in [1.54, 1.807) is 43.5 Å². The fraction of sp³-hybridized carbons (Fsp3) is 0.289. The molecule has 300 valence electrons. The molecule has 4 aromatic carbocycles. The van der Waals surface area contributed by atoms with Crippen LogP contribution in [-0.2, 0) is 38.6 Å². The third-order valence-corrected chi connectivity index (χ3v) is 10.4. The van der Waals surface area contributed by atoms with E-state index in [1.165, 1.54) is 4.57 Å². The lowest BCUT2D eigenvalue weighted by Gasteiger charge is -2.32. The molecule has 0 unspecified atom stereocenters. The van der Waals surface area contributed by atoms with Gasteiger partial charge in [-0.15, -0.1) is 0 Å². The summed E-state index contributed by atoms with van der Waals surface area (Å²) in [4.78, 5) is 58.5. The molecule has 2 aromatic heterocycles. The summed E-state index contributed by atoms with van der Waals surface area (Å²) >= 11 is 0. The maximum Gasteiger partial charge on any atom is 0.421 e. The van der Waals surface area contributed by atoms with E-state index in [-0.39, 0.29) is 19.1 Å². The molecular formula is C45H47N5O8. The number of rotatable bonds is 13. The largest absolute Gasteiger partial charge is 0.457 e. The Morgan fingerprint density at radius 2 is 1.53 bits per heavy atom. The van der Waals surface area contributed by atoms with Gasteiger partial charge in [-0.1, -0.05) is 78.9 Å². The van der Waals surface area contributed by atoms with Gasteiger partial charge in [0.2, 0.25) is 12.7 Å². The third kappa shape index (κ3) is 9.56. The summed E-state index contributed by atoms with van der Waals surface area (Å²) in [5.74, 6) is -0.646. The summed E-state index contributed by atoms with van der Waals surface area (Å²) in [6, 6.07) is 32.7. The van der Waals surface area contributed by atoms with Crippen molar-refractivity contribution in [2.24, 2.45) is 0 Å². The van der Waals surface area contributed by atoms with Crippen LogP contribution in [0.25, 0.3) is 21.9 Å². The first kappa shape index (κ1) is 39.8. The molecule has 2 N–H and O–H groups in total. The second kappa shape index (κ2) is 17.8. The Morgan fingerprint density at radius 3 is 2.29 bits per heavy atom. The Kier molecular flexibility index (Phi) is 12.2. The predicted molar refractivity (Wildman–Crippen MR) is 218 cm³/mol. The molecule has 13 nitrogen and oxygen atoms in total. The Morgan fingerprint density at radius 1 is 0.828 bits per heavy atom. The van der Waals surface area contributed by atoms with Crippen LogP contribution in [0.5, 0.6) is 0 Å². The second-order valence-corrected chi connectivity index (χ2v) is 14.8. The number of fused-ring (bicyclic) bond motifs is 2. The number of furan rings is 1. The molecule has 7 rings (SSSR count). The van der Waals surface area contributed by atoms with Gasteiger partial charge in [-0.25, -0.2) is 14.4 Å². The highest BCUT2D eigenvalue weighted by Gasteiger charge is 2.38. The molecule has 1 aliphatic rings. The van der Waals surface area contributed by atoms with Crippen molar-refractivity contribution in [3.8, 4) is 0 Å². The van der Waals surface area contributed by atoms with Crippen molar-refractivity contribution in [1.29, 1.82) is 0 Å². The molecule has 6 aromatic rings. The SMILES string of the molecule is C[C@@H](NC(=O)[C@@](C)(Cc1cn(C(=O)OCOC(=O)c2ccc(CN3CCN(C)CC3)cc2)c2ccccc12)NC(=O)OCc1cc2ccccc2o1)c1ccccc1. The highest BCUT2D eigenvalue weighted by atomic mass is 16.7. The van der Waals surface area contributed by atoms with Crippen LogP contribution in [0.2, 0.25) is 0 Å². The van der Waals surface area contributed by atoms with Crippen molar-refractivity contribution >= 4 is 45.9 Å². The molecule has 3 heterocycles. The molecule has 0 radical (unpaired) electrons. The Labute approximate surface area is 336 Å². The van der Waals surface area contributed by atoms with Crippen molar-refractivity contribution < 1.29 is 37.8 Å². The number of alkyl carbamates (subject to hydrolysis) is 1. The molecular weight excluding hydrogens is 739 g/mol. The lowest BCUT2D eigenvalue weighted by atomic mass is 9.91. The number of nitrogens with zero attached hydrogens (tertiary/aromatic N) is 3. The number of para-hydroxylation sites is 2. The van der Waals surface area contributed by atoms with E-state index in [0.29, 0.717) is 33.4 Å². The van der Waals surface area contributed by atoms with Crippen LogP contribution >= 0.6 is 0 Å². The zero-order valence-electron chi connectivity index (χ0n) is 32.8. The number of aromatic nitrogens is 1. The Bertz CT molecular complexity index is 2350. The molecule has 1 aliphatic heterocycles. The van der Waals surface area contributed by atoms with Crippen molar-refractivity contribution in [1.82, 2.24) is 25.0 Å². The van der Waals surface area contributed by atoms with Crippen LogP contribution < -0.4 is 10.6 Å². The van der Waals surface area contributed by atoms with Crippen LogP contribution in [-0.4, -0.2) is 84.0 Å². The van der Waals surface area contributed by atoms with Crippen molar-refractivity contribution in [3.05, 3.63) is 143 Å². The number of hydrogen-bond donors (Lipinski definition) is 2. The Hall–Kier alpha value is -6.44. The number of likely N-dealkylation sites (N-methyl/N-ethyl adjacent to an activating group) is 1. The van der Waals surface area contributed by atoms with Gasteiger partial charge in [-0.05, 0) is 67.9 Å². The van der Waals surface area contributed by atoms with Crippen LogP contribution in [0.3, 0.4) is 0 Å². The quantitative estimate of drug-likeness (QED) is 0.0925. The summed E-state index contributed by atoms with van der Waals surface area (Å²) < 4.78 is 23.4. The van der Waals surface area contributed by atoms with Gasteiger partial charge < -0.3 is 34.2 Å². The number of carbonyl (C=O) groups excluding carboxylic acids is 4. The number of amides is 2. The number of carbonyl (C=O) groups is 4. The zero-order valence-corrected chi connectivity index (χ0v) is 32.8. The normalized spacial score (nSPS) is 15.0. The lowest BCUT2D eigenvalue weighted by Crippen LogP contribution is -2.58. The van der Waals surface area contributed by atoms with Crippen LogP contribution in [0.1, 0.15) is 52.7 Å². The van der Waals surface area contributed by atoms with E-state index in [2.05, 4.69) is 27.5 Å². The highest BCUT2D eigenvalue weighted by molar-refractivity contribution is 5.95. The molecule has 0 saturated carbocycles. The Balaban J connectivity index is 1.03. The smallest absolute Gasteiger partial charge is 0.421 e. The first-order valence-electron chi connectivity index (χ1n) is 19.3. The highest BCUT2D eigenvalue weighted by Crippen LogP contribution is 2.27. The van der Waals surface area contributed by atoms with Gasteiger partial charge in [0, 0.05) is 56.1 Å². The van der Waals surface area contributed by atoms with Gasteiger partial charge in [-0.3, -0.25) is 14.3 Å². The van der Waals surface area contributed by atoms with E-state index in [4.69, 9.17) is 18.6 Å². The molecule has 0 spiro atoms. The van der Waals surface area contributed by atoms with Crippen molar-refractivity contribution in [2.45, 2.75) is 45.0 Å². The number of benzene rings is 4. The minimum atomic E-state index is -1.55. The third-order valence-electron chi connectivity index (χ3n) is 10.4. The minimum Gasteiger partial charge on any atom is -0.457 e. The van der Waals surface area contributed by atoms with E-state index in [0.717, 1.165) is 49.2 Å². The van der Waals surface area contributed by atoms with E-state index < -0.39 is 36.4 Å². The topological polar surface area (TPSA) is 145 Å². The number of ether oxygens (including phenoxy) is 3. The molecule has 2 atom stereocenters. The van der Waals surface area contributed by atoms with Gasteiger partial charge in [0.1, 0.15) is 16.9 Å². The van der Waals surface area contributed by atoms with Gasteiger partial charge >= 0.3 is 18.2 Å². The van der Waals surface area contributed by atoms with Gasteiger partial charge in [-0.2, -0.15) is 0 Å². The van der Waals surface area contributed by atoms with Crippen molar-refractivity contribution in [2.75, 3.05) is 40.0 Å². The number of hydrogen-bond acceptors (Lipinski definition) is 10. The lowest BCUT2D eigenvalue weighted by molar-refractivity contribution is -0.127. The van der Waals surface area contributed by atoms with E-state index in [1.807, 2.05) is 85.8 Å². The molecule has 58 heavy (non-hydrogen) atoms. The maximum absolute atomic E-state index is 14.1. The number of esters is 1. The fourth-order valence-corrected chi connectivity index (χ4v) is 7.09. The molecule has 2 amide bonds. The molecule has 0 bridgehead atoms. The van der Waals surface area contributed by atoms with Crippen LogP contribution in [0.15, 0.2) is 120 Å². The molecule has 1 saturated heterocycles. The number of piperazine rings is 1. The second-order valence-electron chi connectivity index (χ2n) is 14.8. The maximum atomic E-state index is 14.1. The summed E-state index contributed by atoms with van der Waals surface area (Å²) in [5, 5.41) is 7.34. The summed E-state index contributed by atoms with van der Waals surface area (Å²) in [6.45, 7) is 7.51. The number of nitrogens with one attached hydrogen (secondary N) is 2. The van der Waals surface area contributed by atoms with Gasteiger partial charge in [0.25, 0.3) is 0 Å².